The maximum atomic E-state index is 6.67. The Morgan fingerprint density at radius 1 is 1.07 bits per heavy atom. The number of aryl methyl sites for hydroxylation is 1. The van der Waals surface area contributed by atoms with Crippen molar-refractivity contribution in [2.75, 3.05) is 6.61 Å². The van der Waals surface area contributed by atoms with Crippen LogP contribution in [0.15, 0.2) is 43.0 Å². The molecule has 1 aromatic carbocycles. The Hall–Kier alpha value is -1.32. The normalized spacial score (nSPS) is 32.0. The van der Waals surface area contributed by atoms with Crippen LogP contribution >= 0.6 is 11.6 Å². The van der Waals surface area contributed by atoms with E-state index >= 15 is 0 Å². The highest BCUT2D eigenvalue weighted by Crippen LogP contribution is 2.61. The molecule has 28 heavy (non-hydrogen) atoms. The van der Waals surface area contributed by atoms with Gasteiger partial charge in [0.15, 0.2) is 0 Å². The van der Waals surface area contributed by atoms with Crippen molar-refractivity contribution in [2.24, 2.45) is 23.2 Å². The highest BCUT2D eigenvalue weighted by atomic mass is 35.5. The zero-order valence-corrected chi connectivity index (χ0v) is 17.4. The molecule has 150 valence electrons. The number of nitrogens with zero attached hydrogens (tertiary/aromatic N) is 2. The molecule has 6 rings (SSSR count). The average Bonchev–Trinajstić information content (AvgIpc) is 3.18. The molecule has 1 atom stereocenters. The molecule has 0 aliphatic heterocycles. The summed E-state index contributed by atoms with van der Waals surface area (Å²) in [5.74, 6) is 2.86. The van der Waals surface area contributed by atoms with E-state index < -0.39 is 0 Å². The molecule has 2 aromatic rings. The van der Waals surface area contributed by atoms with Crippen molar-refractivity contribution in [1.82, 2.24) is 9.55 Å². The van der Waals surface area contributed by atoms with Crippen LogP contribution in [0.1, 0.15) is 50.5 Å². The van der Waals surface area contributed by atoms with Crippen LogP contribution in [0.25, 0.3) is 0 Å². The Morgan fingerprint density at radius 3 is 2.36 bits per heavy atom. The molecule has 0 radical (unpaired) electrons. The molecule has 4 saturated carbocycles. The fourth-order valence-corrected chi connectivity index (χ4v) is 6.86. The quantitative estimate of drug-likeness (QED) is 0.527. The number of benzene rings is 1. The lowest BCUT2D eigenvalue weighted by molar-refractivity contribution is -0.147. The zero-order chi connectivity index (χ0) is 19.0. The van der Waals surface area contributed by atoms with E-state index in [1.54, 1.807) is 0 Å². The molecule has 0 amide bonds. The maximum Gasteiger partial charge on any atom is 0.0946 e. The molecule has 3 nitrogen and oxygen atoms in total. The van der Waals surface area contributed by atoms with Gasteiger partial charge in [0.1, 0.15) is 0 Å². The highest BCUT2D eigenvalue weighted by Gasteiger charge is 2.54. The van der Waals surface area contributed by atoms with Gasteiger partial charge >= 0.3 is 0 Å². The molecule has 0 N–H and O–H groups in total. The molecular weight excluding hydrogens is 368 g/mol. The van der Waals surface area contributed by atoms with E-state index in [1.807, 2.05) is 24.7 Å². The first-order chi connectivity index (χ1) is 13.7. The lowest BCUT2D eigenvalue weighted by atomic mass is 9.48. The predicted octanol–water partition coefficient (Wildman–Crippen LogP) is 5.77. The largest absolute Gasteiger partial charge is 0.376 e. The van der Waals surface area contributed by atoms with Gasteiger partial charge in [-0.05, 0) is 92.2 Å². The van der Waals surface area contributed by atoms with Crippen molar-refractivity contribution in [1.29, 1.82) is 0 Å². The van der Waals surface area contributed by atoms with Crippen LogP contribution in [-0.2, 0) is 17.7 Å². The molecule has 4 aliphatic carbocycles. The summed E-state index contributed by atoms with van der Waals surface area (Å²) >= 11 is 6.00. The number of aromatic nitrogens is 2. The number of ether oxygens (including phenoxy) is 1. The van der Waals surface area contributed by atoms with Gasteiger partial charge in [-0.2, -0.15) is 0 Å². The van der Waals surface area contributed by atoms with E-state index in [-0.39, 0.29) is 0 Å². The van der Waals surface area contributed by atoms with Crippen LogP contribution in [0.5, 0.6) is 0 Å². The number of imidazole rings is 1. The van der Waals surface area contributed by atoms with Crippen LogP contribution in [-0.4, -0.2) is 22.3 Å². The monoisotopic (exact) mass is 398 g/mol. The third-order valence-electron chi connectivity index (χ3n) is 7.55. The molecule has 4 aliphatic rings. The summed E-state index contributed by atoms with van der Waals surface area (Å²) in [4.78, 5) is 4.26. The fraction of sp³-hybridized carbons (Fsp3) is 0.625. The summed E-state index contributed by atoms with van der Waals surface area (Å²) in [6, 6.07) is 8.22. The third-order valence-corrected chi connectivity index (χ3v) is 7.80. The van der Waals surface area contributed by atoms with Crippen molar-refractivity contribution in [2.45, 2.75) is 64.0 Å². The topological polar surface area (TPSA) is 27.1 Å². The standard InChI is InChI=1S/C24H31ClN2O/c25-22-5-3-18(4-6-22)2-1-9-28-23(16-27-8-7-26-17-27)24-13-19-10-20(14-24)12-21(11-19)15-24/h3-8,17,19-21,23H,1-2,9-16H2. The van der Waals surface area contributed by atoms with Crippen molar-refractivity contribution >= 4 is 11.6 Å². The Kier molecular flexibility index (Phi) is 5.23. The van der Waals surface area contributed by atoms with E-state index in [2.05, 4.69) is 27.9 Å². The minimum Gasteiger partial charge on any atom is -0.376 e. The molecule has 4 fully saturated rings. The Balaban J connectivity index is 1.25. The van der Waals surface area contributed by atoms with Crippen LogP contribution in [0.4, 0.5) is 0 Å². The first-order valence-corrected chi connectivity index (χ1v) is 11.4. The summed E-state index contributed by atoms with van der Waals surface area (Å²) < 4.78 is 8.90. The van der Waals surface area contributed by atoms with Crippen molar-refractivity contribution < 1.29 is 4.74 Å². The Bertz CT molecular complexity index is 735. The minimum atomic E-state index is 0.320. The van der Waals surface area contributed by atoms with Gasteiger partial charge in [0.2, 0.25) is 0 Å². The van der Waals surface area contributed by atoms with Gasteiger partial charge in [0, 0.05) is 24.0 Å². The number of hydrogen-bond acceptors (Lipinski definition) is 2. The first-order valence-electron chi connectivity index (χ1n) is 11.0. The fourth-order valence-electron chi connectivity index (χ4n) is 6.73. The second-order valence-corrected chi connectivity index (χ2v) is 10.1. The van der Waals surface area contributed by atoms with Gasteiger partial charge in [-0.1, -0.05) is 23.7 Å². The van der Waals surface area contributed by atoms with Gasteiger partial charge in [-0.3, -0.25) is 0 Å². The second kappa shape index (κ2) is 7.84. The first kappa shape index (κ1) is 18.7. The lowest BCUT2D eigenvalue weighted by Crippen LogP contribution is -2.53. The molecular formula is C24H31ClN2O. The van der Waals surface area contributed by atoms with E-state index in [4.69, 9.17) is 16.3 Å². The summed E-state index contributed by atoms with van der Waals surface area (Å²) in [5, 5.41) is 0.808. The minimum absolute atomic E-state index is 0.320. The van der Waals surface area contributed by atoms with E-state index in [9.17, 15) is 0 Å². The Morgan fingerprint density at radius 2 is 1.75 bits per heavy atom. The number of rotatable bonds is 8. The zero-order valence-electron chi connectivity index (χ0n) is 16.6. The van der Waals surface area contributed by atoms with E-state index in [1.165, 1.54) is 44.1 Å². The SMILES string of the molecule is Clc1ccc(CCCOC(Cn2ccnc2)C23CC4CC(CC(C4)C2)C3)cc1. The summed E-state index contributed by atoms with van der Waals surface area (Å²) in [6.07, 6.45) is 17.0. The molecule has 1 unspecified atom stereocenters. The molecule has 1 aromatic heterocycles. The molecule has 1 heterocycles. The Labute approximate surface area is 173 Å². The van der Waals surface area contributed by atoms with Crippen molar-refractivity contribution in [3.05, 3.63) is 53.6 Å². The van der Waals surface area contributed by atoms with Crippen LogP contribution in [0, 0.1) is 23.2 Å². The maximum absolute atomic E-state index is 6.67. The lowest BCUT2D eigenvalue weighted by Gasteiger charge is -2.59. The van der Waals surface area contributed by atoms with E-state index in [0.717, 1.165) is 48.8 Å². The number of halogens is 1. The van der Waals surface area contributed by atoms with Gasteiger partial charge in [-0.15, -0.1) is 0 Å². The van der Waals surface area contributed by atoms with E-state index in [0.29, 0.717) is 11.5 Å². The molecule has 0 spiro atoms. The van der Waals surface area contributed by atoms with Gasteiger partial charge < -0.3 is 9.30 Å². The van der Waals surface area contributed by atoms with Gasteiger partial charge in [0.25, 0.3) is 0 Å². The van der Waals surface area contributed by atoms with Crippen molar-refractivity contribution in [3.8, 4) is 0 Å². The predicted molar refractivity (Wildman–Crippen MR) is 112 cm³/mol. The highest BCUT2D eigenvalue weighted by molar-refractivity contribution is 6.30. The summed E-state index contributed by atoms with van der Waals surface area (Å²) in [5.41, 5.74) is 1.74. The molecule has 4 heteroatoms. The number of hydrogen-bond donors (Lipinski definition) is 0. The summed E-state index contributed by atoms with van der Waals surface area (Å²) in [6.45, 7) is 1.79. The van der Waals surface area contributed by atoms with Crippen LogP contribution in [0.3, 0.4) is 0 Å². The van der Waals surface area contributed by atoms with Gasteiger partial charge in [0.05, 0.1) is 19.0 Å². The van der Waals surface area contributed by atoms with Crippen LogP contribution in [0.2, 0.25) is 5.02 Å². The molecule has 0 saturated heterocycles. The summed E-state index contributed by atoms with van der Waals surface area (Å²) in [7, 11) is 0. The second-order valence-electron chi connectivity index (χ2n) is 9.63. The van der Waals surface area contributed by atoms with Crippen molar-refractivity contribution in [3.63, 3.8) is 0 Å². The smallest absolute Gasteiger partial charge is 0.0946 e. The van der Waals surface area contributed by atoms with Gasteiger partial charge in [-0.25, -0.2) is 4.98 Å². The third kappa shape index (κ3) is 3.89. The molecule has 4 bridgehead atoms. The van der Waals surface area contributed by atoms with Crippen LogP contribution < -0.4 is 0 Å². The average molecular weight is 399 g/mol.